The number of nitrogens with zero attached hydrogens (tertiary/aromatic N) is 3. The van der Waals surface area contributed by atoms with Gasteiger partial charge >= 0.3 is 0 Å². The van der Waals surface area contributed by atoms with Crippen molar-refractivity contribution in [1.82, 2.24) is 4.98 Å². The zero-order chi connectivity index (χ0) is 15.4. The summed E-state index contributed by atoms with van der Waals surface area (Å²) in [7, 11) is 0. The molecule has 0 radical (unpaired) electrons. The number of pyridine rings is 1. The minimum Gasteiger partial charge on any atom is -0.409 e. The quantitative estimate of drug-likeness (QED) is 0.376. The van der Waals surface area contributed by atoms with Crippen LogP contribution in [0.15, 0.2) is 11.2 Å². The Morgan fingerprint density at radius 2 is 1.95 bits per heavy atom. The highest BCUT2D eigenvalue weighted by molar-refractivity contribution is 6.02. The maximum absolute atomic E-state index is 9.03. The number of anilines is 1. The molecule has 0 amide bonds. The van der Waals surface area contributed by atoms with Crippen LogP contribution in [0.3, 0.4) is 0 Å². The molecule has 0 aromatic carbocycles. The van der Waals surface area contributed by atoms with Gasteiger partial charge in [0.25, 0.3) is 0 Å². The second kappa shape index (κ2) is 6.59. The zero-order valence-corrected chi connectivity index (χ0v) is 13.3. The van der Waals surface area contributed by atoms with Crippen LogP contribution in [0.25, 0.3) is 0 Å². The lowest BCUT2D eigenvalue weighted by Gasteiger charge is -2.32. The van der Waals surface area contributed by atoms with Crippen molar-refractivity contribution in [2.75, 3.05) is 11.4 Å². The third-order valence-electron chi connectivity index (χ3n) is 3.15. The van der Waals surface area contributed by atoms with Crippen LogP contribution in [0.1, 0.15) is 44.5 Å². The van der Waals surface area contributed by atoms with E-state index in [1.54, 1.807) is 0 Å². The van der Waals surface area contributed by atoms with Gasteiger partial charge in [-0.05, 0) is 45.2 Å². The molecule has 1 aromatic heterocycles. The highest BCUT2D eigenvalue weighted by atomic mass is 16.4. The summed E-state index contributed by atoms with van der Waals surface area (Å²) in [5.74, 6) is 1.40. The summed E-state index contributed by atoms with van der Waals surface area (Å²) in [5, 5.41) is 12.2. The number of hydrogen-bond donors (Lipinski definition) is 2. The molecule has 1 aromatic rings. The van der Waals surface area contributed by atoms with E-state index in [0.29, 0.717) is 11.5 Å². The molecule has 0 aliphatic carbocycles. The fraction of sp³-hybridized carbons (Fsp3) is 0.600. The molecule has 0 spiro atoms. The van der Waals surface area contributed by atoms with E-state index in [0.717, 1.165) is 23.6 Å². The molecule has 0 bridgehead atoms. The summed E-state index contributed by atoms with van der Waals surface area (Å²) in [6.45, 7) is 13.4. The molecule has 1 rings (SSSR count). The molecule has 0 atom stereocenters. The van der Waals surface area contributed by atoms with Crippen molar-refractivity contribution in [1.29, 1.82) is 0 Å². The van der Waals surface area contributed by atoms with E-state index in [4.69, 9.17) is 10.9 Å². The third-order valence-corrected chi connectivity index (χ3v) is 3.15. The van der Waals surface area contributed by atoms with Gasteiger partial charge in [0, 0.05) is 18.3 Å². The van der Waals surface area contributed by atoms with E-state index in [-0.39, 0.29) is 11.9 Å². The van der Waals surface area contributed by atoms with Gasteiger partial charge in [-0.25, -0.2) is 4.98 Å². The second-order valence-electron chi connectivity index (χ2n) is 5.90. The lowest BCUT2D eigenvalue weighted by molar-refractivity contribution is 0.318. The van der Waals surface area contributed by atoms with E-state index in [2.05, 4.69) is 42.7 Å². The van der Waals surface area contributed by atoms with Crippen LogP contribution < -0.4 is 10.6 Å². The molecule has 0 unspecified atom stereocenters. The number of oxime groups is 1. The van der Waals surface area contributed by atoms with Gasteiger partial charge in [0.15, 0.2) is 5.84 Å². The second-order valence-corrected chi connectivity index (χ2v) is 5.90. The smallest absolute Gasteiger partial charge is 0.174 e. The van der Waals surface area contributed by atoms with Crippen molar-refractivity contribution < 1.29 is 5.21 Å². The van der Waals surface area contributed by atoms with Crippen LogP contribution in [-0.4, -0.2) is 28.6 Å². The standard InChI is InChI=1S/C15H26N4O/c1-9(2)8-19(10(3)4)15-13(14(16)18-20)11(5)7-12(6)17-15/h7,9-10,20H,8H2,1-6H3,(H2,16,18). The molecule has 20 heavy (non-hydrogen) atoms. The first-order valence-corrected chi connectivity index (χ1v) is 7.00. The molecule has 0 fully saturated rings. The maximum atomic E-state index is 9.03. The van der Waals surface area contributed by atoms with Crippen molar-refractivity contribution in [2.24, 2.45) is 16.8 Å². The van der Waals surface area contributed by atoms with E-state index >= 15 is 0 Å². The van der Waals surface area contributed by atoms with E-state index < -0.39 is 0 Å². The van der Waals surface area contributed by atoms with Crippen molar-refractivity contribution in [3.05, 3.63) is 22.9 Å². The van der Waals surface area contributed by atoms with E-state index in [9.17, 15) is 0 Å². The van der Waals surface area contributed by atoms with Gasteiger partial charge in [-0.2, -0.15) is 0 Å². The molecular formula is C15H26N4O. The van der Waals surface area contributed by atoms with E-state index in [1.807, 2.05) is 19.9 Å². The molecule has 112 valence electrons. The lowest BCUT2D eigenvalue weighted by Crippen LogP contribution is -2.37. The SMILES string of the molecule is Cc1cc(C)c(C(N)=NO)c(N(CC(C)C)C(C)C)n1. The molecule has 0 aliphatic rings. The first kappa shape index (κ1) is 16.3. The summed E-state index contributed by atoms with van der Waals surface area (Å²) in [4.78, 5) is 6.84. The monoisotopic (exact) mass is 278 g/mol. The number of nitrogens with two attached hydrogens (primary N) is 1. The summed E-state index contributed by atoms with van der Waals surface area (Å²) in [6.07, 6.45) is 0. The van der Waals surface area contributed by atoms with Crippen molar-refractivity contribution in [3.8, 4) is 0 Å². The molecule has 5 heteroatoms. The average molecular weight is 278 g/mol. The Hall–Kier alpha value is -1.78. The van der Waals surface area contributed by atoms with Crippen LogP contribution in [-0.2, 0) is 0 Å². The first-order valence-electron chi connectivity index (χ1n) is 7.00. The van der Waals surface area contributed by atoms with Crippen LogP contribution in [0.4, 0.5) is 5.82 Å². The minimum absolute atomic E-state index is 0.111. The Balaban J connectivity index is 3.46. The maximum Gasteiger partial charge on any atom is 0.174 e. The summed E-state index contributed by atoms with van der Waals surface area (Å²) in [5.41, 5.74) is 8.46. The summed E-state index contributed by atoms with van der Waals surface area (Å²) < 4.78 is 0. The Morgan fingerprint density at radius 1 is 1.35 bits per heavy atom. The Kier molecular flexibility index (Phi) is 5.36. The van der Waals surface area contributed by atoms with Gasteiger partial charge < -0.3 is 15.8 Å². The largest absolute Gasteiger partial charge is 0.409 e. The van der Waals surface area contributed by atoms with Crippen molar-refractivity contribution in [2.45, 2.75) is 47.6 Å². The number of rotatable bonds is 5. The first-order chi connectivity index (χ1) is 9.27. The lowest BCUT2D eigenvalue weighted by atomic mass is 10.1. The highest BCUT2D eigenvalue weighted by Crippen LogP contribution is 2.25. The normalized spacial score (nSPS) is 12.3. The number of amidine groups is 1. The summed E-state index contributed by atoms with van der Waals surface area (Å²) >= 11 is 0. The van der Waals surface area contributed by atoms with Crippen LogP contribution in [0.5, 0.6) is 0 Å². The zero-order valence-electron chi connectivity index (χ0n) is 13.3. The Labute approximate surface area is 121 Å². The number of aromatic nitrogens is 1. The van der Waals surface area contributed by atoms with Gasteiger partial charge in [0.2, 0.25) is 0 Å². The number of aryl methyl sites for hydroxylation is 2. The van der Waals surface area contributed by atoms with Gasteiger partial charge in [0.05, 0.1) is 5.56 Å². The predicted octanol–water partition coefficient (Wildman–Crippen LogP) is 2.66. The molecule has 1 heterocycles. The molecule has 0 aliphatic heterocycles. The van der Waals surface area contributed by atoms with Gasteiger partial charge in [-0.3, -0.25) is 0 Å². The fourth-order valence-electron chi connectivity index (χ4n) is 2.33. The Morgan fingerprint density at radius 3 is 2.40 bits per heavy atom. The Bertz CT molecular complexity index is 495. The molecule has 0 saturated heterocycles. The molecular weight excluding hydrogens is 252 g/mol. The highest BCUT2D eigenvalue weighted by Gasteiger charge is 2.21. The summed E-state index contributed by atoms with van der Waals surface area (Å²) in [6, 6.07) is 2.24. The molecule has 0 saturated carbocycles. The van der Waals surface area contributed by atoms with Gasteiger partial charge in [-0.1, -0.05) is 19.0 Å². The van der Waals surface area contributed by atoms with Gasteiger partial charge in [-0.15, -0.1) is 0 Å². The topological polar surface area (TPSA) is 74.7 Å². The van der Waals surface area contributed by atoms with Crippen LogP contribution in [0.2, 0.25) is 0 Å². The number of hydrogen-bond acceptors (Lipinski definition) is 4. The fourth-order valence-corrected chi connectivity index (χ4v) is 2.33. The minimum atomic E-state index is 0.111. The van der Waals surface area contributed by atoms with E-state index in [1.165, 1.54) is 0 Å². The van der Waals surface area contributed by atoms with Crippen LogP contribution in [0, 0.1) is 19.8 Å². The average Bonchev–Trinajstić information content (AvgIpc) is 2.33. The molecule has 5 nitrogen and oxygen atoms in total. The van der Waals surface area contributed by atoms with Crippen molar-refractivity contribution in [3.63, 3.8) is 0 Å². The molecule has 3 N–H and O–H groups in total. The van der Waals surface area contributed by atoms with Crippen LogP contribution >= 0.6 is 0 Å². The van der Waals surface area contributed by atoms with Gasteiger partial charge in [0.1, 0.15) is 5.82 Å². The predicted molar refractivity (Wildman–Crippen MR) is 83.5 cm³/mol. The third kappa shape index (κ3) is 3.62. The van der Waals surface area contributed by atoms with Crippen molar-refractivity contribution >= 4 is 11.7 Å².